The normalized spacial score (nSPS) is 9.71. The minimum atomic E-state index is 0.598. The van der Waals surface area contributed by atoms with Gasteiger partial charge in [-0.2, -0.15) is 0 Å². The lowest BCUT2D eigenvalue weighted by Gasteiger charge is -1.96. The molecule has 0 atom stereocenters. The van der Waals surface area contributed by atoms with Crippen LogP contribution < -0.4 is 5.73 Å². The van der Waals surface area contributed by atoms with Crippen LogP contribution in [0.4, 0.5) is 5.13 Å². The summed E-state index contributed by atoms with van der Waals surface area (Å²) in [4.78, 5) is 4.24. The van der Waals surface area contributed by atoms with Crippen molar-refractivity contribution in [2.24, 2.45) is 0 Å². The maximum absolute atomic E-state index is 5.61. The van der Waals surface area contributed by atoms with Crippen LogP contribution >= 0.6 is 27.3 Å². The second-order valence-corrected chi connectivity index (χ2v) is 5.07. The Hall–Kier alpha value is -1.31. The Morgan fingerprint density at radius 3 is 2.65 bits per heavy atom. The molecule has 2 N–H and O–H groups in total. The van der Waals surface area contributed by atoms with Crippen molar-refractivity contribution in [1.29, 1.82) is 0 Å². The molecule has 1 heterocycles. The fourth-order valence-electron chi connectivity index (χ4n) is 1.36. The van der Waals surface area contributed by atoms with Gasteiger partial charge in [0.15, 0.2) is 5.13 Å². The van der Waals surface area contributed by atoms with Crippen LogP contribution in [0.3, 0.4) is 0 Å². The van der Waals surface area contributed by atoms with Gasteiger partial charge in [0.05, 0.1) is 5.69 Å². The molecule has 0 unspecified atom stereocenters. The molecule has 0 saturated heterocycles. The van der Waals surface area contributed by atoms with Gasteiger partial charge >= 0.3 is 0 Å². The molecule has 0 radical (unpaired) electrons. The van der Waals surface area contributed by atoms with Crippen molar-refractivity contribution in [1.82, 2.24) is 4.98 Å². The number of halogens is 1. The van der Waals surface area contributed by atoms with E-state index in [0.717, 1.165) is 28.6 Å². The van der Waals surface area contributed by atoms with E-state index < -0.39 is 0 Å². The first-order chi connectivity index (χ1) is 8.29. The van der Waals surface area contributed by atoms with E-state index in [1.807, 2.05) is 29.6 Å². The maximum Gasteiger partial charge on any atom is 0.180 e. The van der Waals surface area contributed by atoms with Crippen LogP contribution in [-0.4, -0.2) is 10.3 Å². The molecule has 86 valence electrons. The molecule has 0 bridgehead atoms. The van der Waals surface area contributed by atoms with Crippen LogP contribution in [0, 0.1) is 11.8 Å². The number of alkyl halides is 1. The molecule has 2 nitrogen and oxygen atoms in total. The van der Waals surface area contributed by atoms with Gasteiger partial charge in [0.25, 0.3) is 0 Å². The third kappa shape index (κ3) is 3.32. The van der Waals surface area contributed by atoms with Crippen LogP contribution in [0.1, 0.15) is 12.0 Å². The van der Waals surface area contributed by atoms with E-state index in [0.29, 0.717) is 5.13 Å². The zero-order chi connectivity index (χ0) is 12.1. The summed E-state index contributed by atoms with van der Waals surface area (Å²) in [5.41, 5.74) is 8.63. The number of nitrogens with two attached hydrogens (primary N) is 1. The average Bonchev–Trinajstić information content (AvgIpc) is 2.77. The summed E-state index contributed by atoms with van der Waals surface area (Å²) < 4.78 is 0. The highest BCUT2D eigenvalue weighted by molar-refractivity contribution is 9.09. The summed E-state index contributed by atoms with van der Waals surface area (Å²) in [5.74, 6) is 6.19. The van der Waals surface area contributed by atoms with Crippen LogP contribution in [-0.2, 0) is 0 Å². The molecule has 17 heavy (non-hydrogen) atoms. The first-order valence-electron chi connectivity index (χ1n) is 5.16. The van der Waals surface area contributed by atoms with Gasteiger partial charge < -0.3 is 5.73 Å². The van der Waals surface area contributed by atoms with E-state index in [1.165, 1.54) is 11.3 Å². The fourth-order valence-corrected chi connectivity index (χ4v) is 2.13. The van der Waals surface area contributed by atoms with Crippen LogP contribution in [0.15, 0.2) is 29.6 Å². The molecule has 2 aromatic rings. The van der Waals surface area contributed by atoms with Gasteiger partial charge in [0.1, 0.15) is 0 Å². The van der Waals surface area contributed by atoms with Crippen molar-refractivity contribution in [3.63, 3.8) is 0 Å². The minimum absolute atomic E-state index is 0.598. The maximum atomic E-state index is 5.61. The number of hydrogen-bond acceptors (Lipinski definition) is 3. The molecule has 0 aliphatic heterocycles. The Labute approximate surface area is 113 Å². The van der Waals surface area contributed by atoms with Gasteiger partial charge in [-0.05, 0) is 12.1 Å². The van der Waals surface area contributed by atoms with Crippen molar-refractivity contribution < 1.29 is 0 Å². The predicted molar refractivity (Wildman–Crippen MR) is 77.3 cm³/mol. The molecule has 0 saturated carbocycles. The van der Waals surface area contributed by atoms with Gasteiger partial charge in [0.2, 0.25) is 0 Å². The highest BCUT2D eigenvalue weighted by atomic mass is 79.9. The van der Waals surface area contributed by atoms with Gasteiger partial charge in [-0.25, -0.2) is 4.98 Å². The van der Waals surface area contributed by atoms with E-state index >= 15 is 0 Å². The first kappa shape index (κ1) is 12.2. The van der Waals surface area contributed by atoms with Crippen LogP contribution in [0.25, 0.3) is 11.3 Å². The summed E-state index contributed by atoms with van der Waals surface area (Å²) >= 11 is 4.80. The van der Waals surface area contributed by atoms with E-state index in [-0.39, 0.29) is 0 Å². The third-order valence-electron chi connectivity index (χ3n) is 2.15. The van der Waals surface area contributed by atoms with Gasteiger partial charge in [-0.1, -0.05) is 39.9 Å². The molecule has 2 rings (SSSR count). The van der Waals surface area contributed by atoms with E-state index in [9.17, 15) is 0 Å². The smallest absolute Gasteiger partial charge is 0.180 e. The van der Waals surface area contributed by atoms with Gasteiger partial charge in [-0.15, -0.1) is 11.3 Å². The molecule has 0 amide bonds. The Morgan fingerprint density at radius 2 is 2.06 bits per heavy atom. The topological polar surface area (TPSA) is 38.9 Å². The number of hydrogen-bond donors (Lipinski definition) is 1. The number of thiazole rings is 1. The molecule has 1 aromatic carbocycles. The zero-order valence-electron chi connectivity index (χ0n) is 9.11. The first-order valence-corrected chi connectivity index (χ1v) is 7.16. The molecule has 1 aromatic heterocycles. The highest BCUT2D eigenvalue weighted by Crippen LogP contribution is 2.23. The second kappa shape index (κ2) is 5.85. The summed E-state index contributed by atoms with van der Waals surface area (Å²) in [6, 6.07) is 8.05. The molecule has 0 fully saturated rings. The van der Waals surface area contributed by atoms with E-state index in [2.05, 4.69) is 32.8 Å². The summed E-state index contributed by atoms with van der Waals surface area (Å²) in [5, 5.41) is 3.47. The molecule has 0 aliphatic rings. The Balaban J connectivity index is 2.16. The molecule has 4 heteroatoms. The number of rotatable bonds is 2. The zero-order valence-corrected chi connectivity index (χ0v) is 11.5. The fraction of sp³-hybridized carbons (Fsp3) is 0.154. The monoisotopic (exact) mass is 306 g/mol. The van der Waals surface area contributed by atoms with Crippen molar-refractivity contribution in [2.75, 3.05) is 11.1 Å². The molecule has 0 aliphatic carbocycles. The van der Waals surface area contributed by atoms with Crippen LogP contribution in [0.5, 0.6) is 0 Å². The van der Waals surface area contributed by atoms with Crippen molar-refractivity contribution in [2.45, 2.75) is 6.42 Å². The largest absolute Gasteiger partial charge is 0.375 e. The van der Waals surface area contributed by atoms with Gasteiger partial charge in [-0.3, -0.25) is 0 Å². The number of nitrogen functional groups attached to an aromatic ring is 1. The average molecular weight is 307 g/mol. The number of nitrogens with zero attached hydrogens (tertiary/aromatic N) is 1. The Morgan fingerprint density at radius 1 is 1.29 bits per heavy atom. The van der Waals surface area contributed by atoms with Crippen molar-refractivity contribution in [3.8, 4) is 23.1 Å². The summed E-state index contributed by atoms with van der Waals surface area (Å²) in [7, 11) is 0. The quantitative estimate of drug-likeness (QED) is 0.681. The minimum Gasteiger partial charge on any atom is -0.375 e. The van der Waals surface area contributed by atoms with E-state index in [4.69, 9.17) is 5.73 Å². The summed E-state index contributed by atoms with van der Waals surface area (Å²) in [6.07, 6.45) is 0.865. The molecular formula is C13H11BrN2S. The summed E-state index contributed by atoms with van der Waals surface area (Å²) in [6.45, 7) is 0. The lowest BCUT2D eigenvalue weighted by molar-refractivity contribution is 1.32. The lowest BCUT2D eigenvalue weighted by Crippen LogP contribution is -1.83. The number of benzene rings is 1. The SMILES string of the molecule is Nc1nc(-c2ccc(C#CCCBr)cc2)cs1. The van der Waals surface area contributed by atoms with Crippen molar-refractivity contribution in [3.05, 3.63) is 35.2 Å². The van der Waals surface area contributed by atoms with Crippen LogP contribution in [0.2, 0.25) is 0 Å². The standard InChI is InChI=1S/C13H11BrN2S/c14-8-2-1-3-10-4-6-11(7-5-10)12-9-17-13(15)16-12/h4-7,9H,2,8H2,(H2,15,16). The Kier molecular flexibility index (Phi) is 4.18. The van der Waals surface area contributed by atoms with E-state index in [1.54, 1.807) is 0 Å². The Bertz CT molecular complexity index is 549. The molecular weight excluding hydrogens is 296 g/mol. The molecule has 0 spiro atoms. The number of aromatic nitrogens is 1. The number of anilines is 1. The highest BCUT2D eigenvalue weighted by Gasteiger charge is 2.01. The predicted octanol–water partition coefficient (Wildman–Crippen LogP) is 3.53. The van der Waals surface area contributed by atoms with Crippen molar-refractivity contribution >= 4 is 32.4 Å². The van der Waals surface area contributed by atoms with Gasteiger partial charge in [0, 0.05) is 28.3 Å². The third-order valence-corrected chi connectivity index (χ3v) is 3.23. The second-order valence-electron chi connectivity index (χ2n) is 3.39. The lowest BCUT2D eigenvalue weighted by atomic mass is 10.1.